The largest absolute Gasteiger partial charge is 0.337 e. The molecule has 0 saturated carbocycles. The summed E-state index contributed by atoms with van der Waals surface area (Å²) in [6.07, 6.45) is 6.24. The first-order valence-corrected chi connectivity index (χ1v) is 7.74. The molecule has 8 heteroatoms. The molecular formula is C14H22N8. The molecule has 0 unspecified atom stereocenters. The lowest BCUT2D eigenvalue weighted by atomic mass is 10.2. The van der Waals surface area contributed by atoms with Crippen LogP contribution in [0, 0.1) is 0 Å². The highest BCUT2D eigenvalue weighted by molar-refractivity contribution is 5.29. The number of hydrogen-bond donors (Lipinski definition) is 0. The highest BCUT2D eigenvalue weighted by atomic mass is 15.6. The van der Waals surface area contributed by atoms with Gasteiger partial charge in [-0.1, -0.05) is 5.10 Å². The van der Waals surface area contributed by atoms with E-state index < -0.39 is 0 Å². The van der Waals surface area contributed by atoms with E-state index in [1.54, 1.807) is 12.4 Å². The lowest BCUT2D eigenvalue weighted by molar-refractivity contribution is 0.257. The van der Waals surface area contributed by atoms with Crippen molar-refractivity contribution in [1.82, 2.24) is 35.1 Å². The fourth-order valence-corrected chi connectivity index (χ4v) is 2.63. The van der Waals surface area contributed by atoms with E-state index in [1.807, 2.05) is 10.9 Å². The van der Waals surface area contributed by atoms with Crippen LogP contribution in [0.25, 0.3) is 0 Å². The molecule has 1 saturated heterocycles. The number of piperazine rings is 1. The molecule has 0 aliphatic carbocycles. The van der Waals surface area contributed by atoms with Gasteiger partial charge in [0.05, 0.1) is 11.7 Å². The van der Waals surface area contributed by atoms with Gasteiger partial charge in [-0.15, -0.1) is 0 Å². The zero-order chi connectivity index (χ0) is 15.4. The molecule has 2 aromatic rings. The zero-order valence-corrected chi connectivity index (χ0v) is 13.1. The summed E-state index contributed by atoms with van der Waals surface area (Å²) in [7, 11) is 0. The van der Waals surface area contributed by atoms with Crippen molar-refractivity contribution < 1.29 is 0 Å². The summed E-state index contributed by atoms with van der Waals surface area (Å²) in [6, 6.07) is 0.277. The second-order valence-corrected chi connectivity index (χ2v) is 5.79. The average Bonchev–Trinajstić information content (AvgIpc) is 3.04. The van der Waals surface area contributed by atoms with Gasteiger partial charge in [0.25, 0.3) is 0 Å². The number of hydrogen-bond acceptors (Lipinski definition) is 7. The molecule has 0 N–H and O–H groups in total. The minimum Gasteiger partial charge on any atom is -0.337 e. The monoisotopic (exact) mass is 302 g/mol. The van der Waals surface area contributed by atoms with E-state index in [0.717, 1.165) is 50.8 Å². The van der Waals surface area contributed by atoms with Gasteiger partial charge in [-0.3, -0.25) is 14.9 Å². The normalized spacial score (nSPS) is 16.4. The molecule has 1 aliphatic heterocycles. The Labute approximate surface area is 130 Å². The number of anilines is 1. The van der Waals surface area contributed by atoms with Gasteiger partial charge in [0.2, 0.25) is 5.95 Å². The fraction of sp³-hybridized carbons (Fsp3) is 0.643. The van der Waals surface area contributed by atoms with Crippen LogP contribution in [-0.2, 0) is 6.42 Å². The first-order valence-electron chi connectivity index (χ1n) is 7.74. The standard InChI is InChI=1S/C14H22N8/c1-12(2)22-14(17-18-19-22)21-9-7-20(8-10-21)6-3-13-11-15-4-5-16-13/h4-5,11-12H,3,6-10H2,1-2H3. The van der Waals surface area contributed by atoms with E-state index in [9.17, 15) is 0 Å². The number of nitrogens with zero attached hydrogens (tertiary/aromatic N) is 8. The summed E-state index contributed by atoms with van der Waals surface area (Å²) < 4.78 is 1.88. The molecule has 0 spiro atoms. The Balaban J connectivity index is 1.51. The Morgan fingerprint density at radius 3 is 2.64 bits per heavy atom. The maximum absolute atomic E-state index is 4.32. The van der Waals surface area contributed by atoms with Crippen LogP contribution in [-0.4, -0.2) is 67.8 Å². The van der Waals surface area contributed by atoms with Gasteiger partial charge < -0.3 is 4.90 Å². The van der Waals surface area contributed by atoms with E-state index in [0.29, 0.717) is 0 Å². The van der Waals surface area contributed by atoms with Crippen LogP contribution in [0.1, 0.15) is 25.6 Å². The smallest absolute Gasteiger partial charge is 0.245 e. The van der Waals surface area contributed by atoms with Crippen LogP contribution in [0.4, 0.5) is 5.95 Å². The Kier molecular flexibility index (Phi) is 4.57. The second-order valence-electron chi connectivity index (χ2n) is 5.79. The van der Waals surface area contributed by atoms with Crippen LogP contribution < -0.4 is 4.90 Å². The van der Waals surface area contributed by atoms with Crippen molar-refractivity contribution >= 4 is 5.95 Å². The summed E-state index contributed by atoms with van der Waals surface area (Å²) >= 11 is 0. The van der Waals surface area contributed by atoms with Gasteiger partial charge in [0.15, 0.2) is 0 Å². The van der Waals surface area contributed by atoms with Crippen molar-refractivity contribution in [2.75, 3.05) is 37.6 Å². The predicted molar refractivity (Wildman–Crippen MR) is 82.6 cm³/mol. The Morgan fingerprint density at radius 2 is 1.95 bits per heavy atom. The first kappa shape index (κ1) is 14.8. The average molecular weight is 302 g/mol. The second kappa shape index (κ2) is 6.78. The van der Waals surface area contributed by atoms with E-state index in [2.05, 4.69) is 49.1 Å². The number of aromatic nitrogens is 6. The van der Waals surface area contributed by atoms with Crippen molar-refractivity contribution in [2.45, 2.75) is 26.3 Å². The van der Waals surface area contributed by atoms with E-state index in [4.69, 9.17) is 0 Å². The molecule has 0 aromatic carbocycles. The third-order valence-electron chi connectivity index (χ3n) is 3.92. The third kappa shape index (κ3) is 3.38. The van der Waals surface area contributed by atoms with E-state index >= 15 is 0 Å². The van der Waals surface area contributed by atoms with Gasteiger partial charge in [-0.25, -0.2) is 4.68 Å². The minimum atomic E-state index is 0.277. The molecule has 3 heterocycles. The highest BCUT2D eigenvalue weighted by Crippen LogP contribution is 2.16. The van der Waals surface area contributed by atoms with Gasteiger partial charge in [-0.2, -0.15) is 0 Å². The molecular weight excluding hydrogens is 280 g/mol. The Morgan fingerprint density at radius 1 is 1.14 bits per heavy atom. The van der Waals surface area contributed by atoms with E-state index in [-0.39, 0.29) is 6.04 Å². The van der Waals surface area contributed by atoms with Crippen molar-refractivity contribution in [2.24, 2.45) is 0 Å². The molecule has 2 aromatic heterocycles. The molecule has 3 rings (SSSR count). The summed E-state index contributed by atoms with van der Waals surface area (Å²) in [5.74, 6) is 0.878. The van der Waals surface area contributed by atoms with Crippen molar-refractivity contribution in [3.63, 3.8) is 0 Å². The first-order chi connectivity index (χ1) is 10.7. The van der Waals surface area contributed by atoms with Crippen molar-refractivity contribution in [1.29, 1.82) is 0 Å². The summed E-state index contributed by atoms with van der Waals surface area (Å²) in [5, 5.41) is 12.0. The quantitative estimate of drug-likeness (QED) is 0.791. The molecule has 0 amide bonds. The topological polar surface area (TPSA) is 75.9 Å². The summed E-state index contributed by atoms with van der Waals surface area (Å²) in [5.41, 5.74) is 1.05. The Hall–Kier alpha value is -2.09. The van der Waals surface area contributed by atoms with E-state index in [1.165, 1.54) is 0 Å². The number of tetrazole rings is 1. The van der Waals surface area contributed by atoms with Crippen LogP contribution in [0.2, 0.25) is 0 Å². The van der Waals surface area contributed by atoms with Crippen LogP contribution in [0.15, 0.2) is 18.6 Å². The lowest BCUT2D eigenvalue weighted by Gasteiger charge is -2.35. The number of rotatable bonds is 5. The maximum Gasteiger partial charge on any atom is 0.245 e. The lowest BCUT2D eigenvalue weighted by Crippen LogP contribution is -2.48. The van der Waals surface area contributed by atoms with Crippen molar-refractivity contribution in [3.8, 4) is 0 Å². The molecule has 1 fully saturated rings. The molecule has 22 heavy (non-hydrogen) atoms. The third-order valence-corrected chi connectivity index (χ3v) is 3.92. The molecule has 8 nitrogen and oxygen atoms in total. The molecule has 0 radical (unpaired) electrons. The van der Waals surface area contributed by atoms with Gasteiger partial charge in [-0.05, 0) is 24.3 Å². The summed E-state index contributed by atoms with van der Waals surface area (Å²) in [6.45, 7) is 9.15. The van der Waals surface area contributed by atoms with Gasteiger partial charge >= 0.3 is 0 Å². The molecule has 0 atom stereocenters. The van der Waals surface area contributed by atoms with Gasteiger partial charge in [0.1, 0.15) is 0 Å². The zero-order valence-electron chi connectivity index (χ0n) is 13.1. The molecule has 1 aliphatic rings. The predicted octanol–water partition coefficient (Wildman–Crippen LogP) is 0.409. The SMILES string of the molecule is CC(C)n1nnnc1N1CCN(CCc2cnccn2)CC1. The fourth-order valence-electron chi connectivity index (χ4n) is 2.63. The Bertz CT molecular complexity index is 574. The van der Waals surface area contributed by atoms with Crippen LogP contribution in [0.5, 0.6) is 0 Å². The van der Waals surface area contributed by atoms with Crippen LogP contribution >= 0.6 is 0 Å². The van der Waals surface area contributed by atoms with Gasteiger partial charge in [0, 0.05) is 57.7 Å². The summed E-state index contributed by atoms with van der Waals surface area (Å²) in [4.78, 5) is 13.1. The maximum atomic E-state index is 4.32. The van der Waals surface area contributed by atoms with Crippen molar-refractivity contribution in [3.05, 3.63) is 24.3 Å². The minimum absolute atomic E-state index is 0.277. The molecule has 118 valence electrons. The highest BCUT2D eigenvalue weighted by Gasteiger charge is 2.22. The van der Waals surface area contributed by atoms with Crippen LogP contribution in [0.3, 0.4) is 0 Å². The molecule has 0 bridgehead atoms.